The summed E-state index contributed by atoms with van der Waals surface area (Å²) in [5.41, 5.74) is 0.222. The van der Waals surface area contributed by atoms with Crippen LogP contribution in [0.15, 0.2) is 24.3 Å². The third-order valence-corrected chi connectivity index (χ3v) is 6.45. The Morgan fingerprint density at radius 3 is 1.41 bits per heavy atom. The number of unbranched alkanes of at least 4 members (excludes halogenated alkanes) is 16. The summed E-state index contributed by atoms with van der Waals surface area (Å²) in [4.78, 5) is 14.9. The normalized spacial score (nSPS) is 11.1. The first-order chi connectivity index (χ1) is 15.7. The van der Waals surface area contributed by atoms with Gasteiger partial charge < -0.3 is 4.90 Å². The Balaban J connectivity index is 2.33. The van der Waals surface area contributed by atoms with Crippen LogP contribution in [0.5, 0.6) is 0 Å². The van der Waals surface area contributed by atoms with Gasteiger partial charge in [-0.1, -0.05) is 129 Å². The Labute approximate surface area is 198 Å². The van der Waals surface area contributed by atoms with Crippen LogP contribution in [0.4, 0.5) is 4.39 Å². The predicted octanol–water partition coefficient (Wildman–Crippen LogP) is 9.33. The van der Waals surface area contributed by atoms with E-state index in [0.29, 0.717) is 0 Å². The number of nitrogens with zero attached hydrogens (tertiary/aromatic N) is 1. The Morgan fingerprint density at radius 2 is 1.00 bits per heavy atom. The SMILES string of the molecule is CCCCCCCCCCCN(CCCCCCCCCCC)C(=O)c1ccccc1F. The fourth-order valence-electron chi connectivity index (χ4n) is 4.35. The molecule has 0 aromatic heterocycles. The maximum Gasteiger partial charge on any atom is 0.256 e. The van der Waals surface area contributed by atoms with E-state index >= 15 is 0 Å². The van der Waals surface area contributed by atoms with Gasteiger partial charge in [0.15, 0.2) is 0 Å². The molecule has 1 aromatic rings. The molecule has 0 saturated carbocycles. The summed E-state index contributed by atoms with van der Waals surface area (Å²) in [5.74, 6) is -0.538. The van der Waals surface area contributed by atoms with Gasteiger partial charge in [0, 0.05) is 13.1 Å². The van der Waals surface area contributed by atoms with Gasteiger partial charge in [-0.15, -0.1) is 0 Å². The van der Waals surface area contributed by atoms with E-state index in [-0.39, 0.29) is 11.5 Å². The lowest BCUT2D eigenvalue weighted by Gasteiger charge is -2.23. The van der Waals surface area contributed by atoms with Crippen molar-refractivity contribution in [3.8, 4) is 0 Å². The molecule has 1 rings (SSSR count). The highest BCUT2D eigenvalue weighted by molar-refractivity contribution is 5.94. The molecule has 184 valence electrons. The summed E-state index contributed by atoms with van der Waals surface area (Å²) in [7, 11) is 0. The van der Waals surface area contributed by atoms with E-state index in [1.165, 1.54) is 96.0 Å². The van der Waals surface area contributed by atoms with Crippen molar-refractivity contribution in [2.45, 2.75) is 129 Å². The number of rotatable bonds is 21. The first-order valence-electron chi connectivity index (χ1n) is 13.7. The van der Waals surface area contributed by atoms with Crippen LogP contribution >= 0.6 is 0 Å². The van der Waals surface area contributed by atoms with E-state index in [2.05, 4.69) is 13.8 Å². The van der Waals surface area contributed by atoms with Gasteiger partial charge in [-0.3, -0.25) is 4.79 Å². The summed E-state index contributed by atoms with van der Waals surface area (Å²) in [5, 5.41) is 0. The second-order valence-corrected chi connectivity index (χ2v) is 9.43. The minimum Gasteiger partial charge on any atom is -0.339 e. The maximum absolute atomic E-state index is 14.2. The largest absolute Gasteiger partial charge is 0.339 e. The van der Waals surface area contributed by atoms with Crippen molar-refractivity contribution in [1.29, 1.82) is 0 Å². The second-order valence-electron chi connectivity index (χ2n) is 9.43. The molecular formula is C29H50FNO. The molecule has 3 heteroatoms. The number of hydrogen-bond acceptors (Lipinski definition) is 1. The van der Waals surface area contributed by atoms with Gasteiger partial charge in [0.1, 0.15) is 5.82 Å². The van der Waals surface area contributed by atoms with Gasteiger partial charge in [0.05, 0.1) is 5.56 Å². The van der Waals surface area contributed by atoms with Gasteiger partial charge in [-0.2, -0.15) is 0 Å². The number of amides is 1. The van der Waals surface area contributed by atoms with Crippen molar-refractivity contribution in [3.63, 3.8) is 0 Å². The summed E-state index contributed by atoms with van der Waals surface area (Å²) in [6.07, 6.45) is 22.8. The molecule has 0 aliphatic carbocycles. The Kier molecular flexibility index (Phi) is 18.1. The zero-order chi connectivity index (χ0) is 23.3. The molecule has 0 aliphatic heterocycles. The molecule has 1 aromatic carbocycles. The molecule has 2 nitrogen and oxygen atoms in total. The molecule has 0 aliphatic rings. The van der Waals surface area contributed by atoms with Gasteiger partial charge in [-0.05, 0) is 25.0 Å². The van der Waals surface area contributed by atoms with Crippen molar-refractivity contribution >= 4 is 5.91 Å². The summed E-state index contributed by atoms with van der Waals surface area (Å²) >= 11 is 0. The van der Waals surface area contributed by atoms with E-state index in [1.807, 2.05) is 4.90 Å². The maximum atomic E-state index is 14.2. The molecule has 0 fully saturated rings. The lowest BCUT2D eigenvalue weighted by molar-refractivity contribution is 0.0744. The summed E-state index contributed by atoms with van der Waals surface area (Å²) in [6, 6.07) is 6.42. The number of benzene rings is 1. The van der Waals surface area contributed by atoms with Crippen LogP contribution in [0.25, 0.3) is 0 Å². The van der Waals surface area contributed by atoms with Gasteiger partial charge in [-0.25, -0.2) is 4.39 Å². The van der Waals surface area contributed by atoms with E-state index in [0.717, 1.165) is 38.8 Å². The average Bonchev–Trinajstić information content (AvgIpc) is 2.80. The van der Waals surface area contributed by atoms with Gasteiger partial charge in [0.2, 0.25) is 0 Å². The van der Waals surface area contributed by atoms with E-state index in [1.54, 1.807) is 18.2 Å². The number of halogens is 1. The molecule has 0 saturated heterocycles. The quantitative estimate of drug-likeness (QED) is 0.172. The Morgan fingerprint density at radius 1 is 0.625 bits per heavy atom. The van der Waals surface area contributed by atoms with Gasteiger partial charge in [0.25, 0.3) is 5.91 Å². The van der Waals surface area contributed by atoms with Crippen LogP contribution in [0.3, 0.4) is 0 Å². The van der Waals surface area contributed by atoms with Gasteiger partial charge >= 0.3 is 0 Å². The smallest absolute Gasteiger partial charge is 0.256 e. The third-order valence-electron chi connectivity index (χ3n) is 6.45. The number of hydrogen-bond donors (Lipinski definition) is 0. The van der Waals surface area contributed by atoms with Crippen molar-refractivity contribution in [2.75, 3.05) is 13.1 Å². The minimum absolute atomic E-state index is 0.137. The van der Waals surface area contributed by atoms with Crippen LogP contribution in [0.1, 0.15) is 140 Å². The van der Waals surface area contributed by atoms with Crippen LogP contribution in [-0.4, -0.2) is 23.9 Å². The summed E-state index contributed by atoms with van der Waals surface area (Å²) in [6.45, 7) is 6.01. The molecule has 0 radical (unpaired) electrons. The average molecular weight is 448 g/mol. The molecule has 0 heterocycles. The lowest BCUT2D eigenvalue weighted by atomic mass is 10.1. The standard InChI is InChI=1S/C29H50FNO/c1-3-5-7-9-11-13-15-17-21-25-31(29(32)27-23-19-20-24-28(27)30)26-22-18-16-14-12-10-8-6-4-2/h19-20,23-24H,3-18,21-22,25-26H2,1-2H3. The Hall–Kier alpha value is -1.38. The highest BCUT2D eigenvalue weighted by Gasteiger charge is 2.18. The third kappa shape index (κ3) is 13.9. The van der Waals surface area contributed by atoms with Crippen LogP contribution in [-0.2, 0) is 0 Å². The monoisotopic (exact) mass is 447 g/mol. The van der Waals surface area contributed by atoms with E-state index in [9.17, 15) is 9.18 Å². The molecule has 0 N–H and O–H groups in total. The Bertz CT molecular complexity index is 552. The summed E-state index contributed by atoms with van der Waals surface area (Å²) < 4.78 is 14.2. The van der Waals surface area contributed by atoms with E-state index < -0.39 is 5.82 Å². The first-order valence-corrected chi connectivity index (χ1v) is 13.7. The fourth-order valence-corrected chi connectivity index (χ4v) is 4.35. The molecule has 0 unspecified atom stereocenters. The molecule has 1 amide bonds. The predicted molar refractivity (Wildman–Crippen MR) is 137 cm³/mol. The van der Waals surface area contributed by atoms with E-state index in [4.69, 9.17) is 0 Å². The number of carbonyl (C=O) groups excluding carboxylic acids is 1. The van der Waals surface area contributed by atoms with Crippen molar-refractivity contribution in [2.24, 2.45) is 0 Å². The van der Waals surface area contributed by atoms with Crippen molar-refractivity contribution in [1.82, 2.24) is 4.90 Å². The molecule has 0 atom stereocenters. The van der Waals surface area contributed by atoms with Crippen molar-refractivity contribution < 1.29 is 9.18 Å². The zero-order valence-electron chi connectivity index (χ0n) is 21.2. The van der Waals surface area contributed by atoms with Crippen LogP contribution in [0.2, 0.25) is 0 Å². The van der Waals surface area contributed by atoms with Crippen LogP contribution < -0.4 is 0 Å². The highest BCUT2D eigenvalue weighted by atomic mass is 19.1. The zero-order valence-corrected chi connectivity index (χ0v) is 21.2. The number of carbonyl (C=O) groups is 1. The lowest BCUT2D eigenvalue weighted by Crippen LogP contribution is -2.33. The second kappa shape index (κ2) is 20.2. The molecular weight excluding hydrogens is 397 g/mol. The topological polar surface area (TPSA) is 20.3 Å². The molecule has 0 bridgehead atoms. The van der Waals surface area contributed by atoms with Crippen molar-refractivity contribution in [3.05, 3.63) is 35.6 Å². The highest BCUT2D eigenvalue weighted by Crippen LogP contribution is 2.15. The van der Waals surface area contributed by atoms with Crippen LogP contribution in [0, 0.1) is 5.82 Å². The molecule has 32 heavy (non-hydrogen) atoms. The minimum atomic E-state index is -0.401. The first kappa shape index (κ1) is 28.7. The fraction of sp³-hybridized carbons (Fsp3) is 0.759. The molecule has 0 spiro atoms.